The number of likely N-dealkylation sites (N-methyl/N-ethyl adjacent to an activating group) is 1. The van der Waals surface area contributed by atoms with Crippen LogP contribution in [0.3, 0.4) is 0 Å². The summed E-state index contributed by atoms with van der Waals surface area (Å²) in [4.78, 5) is 48.4. The summed E-state index contributed by atoms with van der Waals surface area (Å²) in [5, 5.41) is 10.5. The highest BCUT2D eigenvalue weighted by atomic mass is 79.9. The molecule has 3 saturated heterocycles. The monoisotopic (exact) mass is 631 g/mol. The number of benzene rings is 1. The Bertz CT molecular complexity index is 1170. The zero-order chi connectivity index (χ0) is 29.5. The molecule has 3 heterocycles. The highest BCUT2D eigenvalue weighted by Crippen LogP contribution is 2.68. The number of alkyl halides is 1. The molecule has 9 heteroatoms. The van der Waals surface area contributed by atoms with Gasteiger partial charge in [0.05, 0.1) is 29.2 Å². The zero-order valence-electron chi connectivity index (χ0n) is 24.2. The molecule has 8 atom stereocenters. The molecule has 1 spiro atoms. The van der Waals surface area contributed by atoms with Gasteiger partial charge in [0.2, 0.25) is 11.8 Å². The smallest absolute Gasteiger partial charge is 0.251 e. The van der Waals surface area contributed by atoms with E-state index < -0.39 is 28.7 Å². The summed E-state index contributed by atoms with van der Waals surface area (Å²) in [6.07, 6.45) is 4.72. The highest BCUT2D eigenvalue weighted by molar-refractivity contribution is 9.09. The third kappa shape index (κ3) is 4.75. The van der Waals surface area contributed by atoms with Crippen LogP contribution in [0.2, 0.25) is 0 Å². The van der Waals surface area contributed by atoms with Crippen LogP contribution >= 0.6 is 27.7 Å². The normalized spacial score (nSPS) is 30.1. The van der Waals surface area contributed by atoms with Crippen molar-refractivity contribution in [2.45, 2.75) is 67.4 Å². The van der Waals surface area contributed by atoms with E-state index in [0.29, 0.717) is 13.0 Å². The first kappa shape index (κ1) is 30.8. The summed E-state index contributed by atoms with van der Waals surface area (Å²) < 4.78 is -0.792. The van der Waals surface area contributed by atoms with E-state index in [4.69, 9.17) is 0 Å². The summed E-state index contributed by atoms with van der Waals surface area (Å²) in [6.45, 7) is 16.1. The molecule has 1 aromatic carbocycles. The maximum Gasteiger partial charge on any atom is 0.251 e. The second-order valence-corrected chi connectivity index (χ2v) is 14.2. The molecule has 0 radical (unpaired) electrons. The predicted octanol–water partition coefficient (Wildman–Crippen LogP) is 4.34. The highest BCUT2D eigenvalue weighted by Gasteiger charge is 2.76. The van der Waals surface area contributed by atoms with Crippen LogP contribution in [0.25, 0.3) is 0 Å². The molecule has 3 fully saturated rings. The van der Waals surface area contributed by atoms with Gasteiger partial charge in [-0.1, -0.05) is 66.5 Å². The number of hydrogen-bond donors (Lipinski definition) is 1. The third-order valence-corrected chi connectivity index (χ3v) is 12.4. The molecular formula is C31H42BrN3O4S. The Morgan fingerprint density at radius 1 is 1.23 bits per heavy atom. The van der Waals surface area contributed by atoms with Crippen molar-refractivity contribution in [1.29, 1.82) is 0 Å². The van der Waals surface area contributed by atoms with Gasteiger partial charge in [-0.05, 0) is 37.3 Å². The van der Waals surface area contributed by atoms with Gasteiger partial charge in [-0.2, -0.15) is 0 Å². The maximum absolute atomic E-state index is 14.9. The van der Waals surface area contributed by atoms with Gasteiger partial charge in [-0.25, -0.2) is 0 Å². The molecule has 0 saturated carbocycles. The van der Waals surface area contributed by atoms with Gasteiger partial charge in [0.15, 0.2) is 0 Å². The zero-order valence-corrected chi connectivity index (χ0v) is 26.6. The van der Waals surface area contributed by atoms with Crippen LogP contribution in [0.15, 0.2) is 43.5 Å². The van der Waals surface area contributed by atoms with E-state index in [1.165, 1.54) is 0 Å². The Morgan fingerprint density at radius 2 is 1.85 bits per heavy atom. The number of aryl methyl sites for hydroxylation is 2. The van der Waals surface area contributed by atoms with Crippen molar-refractivity contribution < 1.29 is 19.5 Å². The van der Waals surface area contributed by atoms with E-state index in [1.807, 2.05) is 45.9 Å². The average Bonchev–Trinajstić information content (AvgIpc) is 3.51. The van der Waals surface area contributed by atoms with Crippen molar-refractivity contribution in [1.82, 2.24) is 9.80 Å². The first-order chi connectivity index (χ1) is 19.0. The van der Waals surface area contributed by atoms with Crippen LogP contribution < -0.4 is 4.90 Å². The summed E-state index contributed by atoms with van der Waals surface area (Å²) in [7, 11) is 1.73. The number of hydrogen-bond acceptors (Lipinski definition) is 5. The van der Waals surface area contributed by atoms with Gasteiger partial charge < -0.3 is 19.8 Å². The fourth-order valence-electron chi connectivity index (χ4n) is 7.14. The molecule has 218 valence electrons. The van der Waals surface area contributed by atoms with Gasteiger partial charge in [-0.15, -0.1) is 24.9 Å². The number of halogens is 1. The number of carbonyl (C=O) groups is 3. The van der Waals surface area contributed by atoms with E-state index in [0.717, 1.165) is 23.2 Å². The Hall–Kier alpha value is -2.10. The van der Waals surface area contributed by atoms with Crippen LogP contribution in [0, 0.1) is 31.6 Å². The first-order valence-electron chi connectivity index (χ1n) is 14.1. The topological polar surface area (TPSA) is 81.2 Å². The molecular weight excluding hydrogens is 590 g/mol. The molecule has 0 aliphatic carbocycles. The minimum absolute atomic E-state index is 0.0212. The van der Waals surface area contributed by atoms with Crippen LogP contribution in [-0.4, -0.2) is 86.3 Å². The lowest BCUT2D eigenvalue weighted by atomic mass is 9.70. The molecule has 2 bridgehead atoms. The molecule has 40 heavy (non-hydrogen) atoms. The lowest BCUT2D eigenvalue weighted by molar-refractivity contribution is -0.145. The number of likely N-dealkylation sites (tertiary alicyclic amines) is 1. The van der Waals surface area contributed by atoms with Crippen molar-refractivity contribution in [2.24, 2.45) is 17.8 Å². The Balaban J connectivity index is 1.90. The summed E-state index contributed by atoms with van der Waals surface area (Å²) in [5.41, 5.74) is 2.73. The van der Waals surface area contributed by atoms with Gasteiger partial charge in [0.1, 0.15) is 6.04 Å². The van der Waals surface area contributed by atoms with Gasteiger partial charge in [0.25, 0.3) is 5.91 Å². The second-order valence-electron chi connectivity index (χ2n) is 11.5. The summed E-state index contributed by atoms with van der Waals surface area (Å²) >= 11 is 5.46. The number of nitrogens with zero attached hydrogens (tertiary/aromatic N) is 3. The SMILES string of the molecule is C=CCN(C)C(=O)[C@H]1[C@H]2C(=O)N([C@@H](CO)[C@@H](C)CC)C(C(=O)N(CC=C)c3c(C)cccc3C)C23CC(Br)[C@@H]1S3. The molecule has 3 aliphatic heterocycles. The number of fused-ring (bicyclic) bond motifs is 1. The van der Waals surface area contributed by atoms with Crippen LogP contribution in [-0.2, 0) is 14.4 Å². The number of aliphatic hydroxyl groups is 1. The van der Waals surface area contributed by atoms with E-state index in [-0.39, 0.29) is 46.9 Å². The number of carbonyl (C=O) groups excluding carboxylic acids is 3. The predicted molar refractivity (Wildman–Crippen MR) is 166 cm³/mol. The van der Waals surface area contributed by atoms with Crippen molar-refractivity contribution in [3.8, 4) is 0 Å². The minimum atomic E-state index is -0.826. The molecule has 1 aromatic rings. The lowest BCUT2D eigenvalue weighted by Gasteiger charge is -2.41. The average molecular weight is 633 g/mol. The number of para-hydroxylation sites is 1. The molecule has 3 unspecified atom stereocenters. The van der Waals surface area contributed by atoms with Crippen molar-refractivity contribution >= 4 is 51.1 Å². The second kappa shape index (κ2) is 12.0. The quantitative estimate of drug-likeness (QED) is 0.290. The van der Waals surface area contributed by atoms with Gasteiger partial charge in [-0.3, -0.25) is 14.4 Å². The minimum Gasteiger partial charge on any atom is -0.394 e. The number of thioether (sulfide) groups is 1. The number of rotatable bonds is 11. The van der Waals surface area contributed by atoms with Crippen molar-refractivity contribution in [3.05, 3.63) is 54.6 Å². The van der Waals surface area contributed by atoms with Gasteiger partial charge >= 0.3 is 0 Å². The maximum atomic E-state index is 14.9. The fraction of sp³-hybridized carbons (Fsp3) is 0.581. The standard InChI is InChI=1S/C31H42BrN3O4S/c1-8-14-33(7)28(37)23-24-29(38)35(22(17-36)18(4)10-3)27(31(24)16-21(32)26(23)40-31)30(39)34(15-9-2)25-19(5)12-11-13-20(25)6/h8-9,11-13,18,21-24,26-27,36H,1-2,10,14-17H2,3-7H3/t18-,21?,22-,23-,24-,26-,27?,31?/m0/s1. The number of amides is 3. The molecule has 7 nitrogen and oxygen atoms in total. The van der Waals surface area contributed by atoms with E-state index in [1.54, 1.807) is 45.7 Å². The van der Waals surface area contributed by atoms with E-state index in [9.17, 15) is 19.5 Å². The molecule has 0 aromatic heterocycles. The van der Waals surface area contributed by atoms with Crippen molar-refractivity contribution in [3.63, 3.8) is 0 Å². The van der Waals surface area contributed by atoms with E-state index >= 15 is 0 Å². The number of anilines is 1. The Labute approximate surface area is 251 Å². The molecule has 4 rings (SSSR count). The molecule has 3 aliphatic rings. The van der Waals surface area contributed by atoms with Crippen LogP contribution in [0.5, 0.6) is 0 Å². The Morgan fingerprint density at radius 3 is 2.40 bits per heavy atom. The number of aliphatic hydroxyl groups excluding tert-OH is 1. The fourth-order valence-corrected chi connectivity index (χ4v) is 10.7. The molecule has 1 N–H and O–H groups in total. The summed E-state index contributed by atoms with van der Waals surface area (Å²) in [6, 6.07) is 4.57. The molecule has 3 amide bonds. The first-order valence-corrected chi connectivity index (χ1v) is 15.9. The van der Waals surface area contributed by atoms with Crippen LogP contribution in [0.1, 0.15) is 37.8 Å². The largest absolute Gasteiger partial charge is 0.394 e. The van der Waals surface area contributed by atoms with E-state index in [2.05, 4.69) is 29.1 Å². The van der Waals surface area contributed by atoms with Crippen molar-refractivity contribution in [2.75, 3.05) is 31.6 Å². The Kier molecular flexibility index (Phi) is 9.27. The van der Waals surface area contributed by atoms with Crippen LogP contribution in [0.4, 0.5) is 5.69 Å². The van der Waals surface area contributed by atoms with Gasteiger partial charge in [0, 0.05) is 35.9 Å². The lowest BCUT2D eigenvalue weighted by Crippen LogP contribution is -2.59. The third-order valence-electron chi connectivity index (χ3n) is 9.16. The summed E-state index contributed by atoms with van der Waals surface area (Å²) in [5.74, 6) is -1.73.